The van der Waals surface area contributed by atoms with Crippen LogP contribution in [-0.2, 0) is 9.57 Å². The number of nitrogens with one attached hydrogen (secondary N) is 1. The van der Waals surface area contributed by atoms with E-state index in [2.05, 4.69) is 42.4 Å². The van der Waals surface area contributed by atoms with E-state index >= 15 is 0 Å². The first-order valence-corrected chi connectivity index (χ1v) is 13.3. The van der Waals surface area contributed by atoms with E-state index in [4.69, 9.17) is 33.1 Å². The third-order valence-electron chi connectivity index (χ3n) is 6.47. The molecule has 4 rings (SSSR count). The first kappa shape index (κ1) is 25.3. The zero-order valence-corrected chi connectivity index (χ0v) is 21.8. The third-order valence-corrected chi connectivity index (χ3v) is 7.68. The maximum atomic E-state index is 8.55. The highest BCUT2D eigenvalue weighted by molar-refractivity contribution is 8.13. The quantitative estimate of drug-likeness (QED) is 0.0991. The van der Waals surface area contributed by atoms with Crippen LogP contribution >= 0.6 is 24.0 Å². The average molecular weight is 517 g/mol. The molecule has 0 bridgehead atoms. The Morgan fingerprint density at radius 1 is 1.23 bits per heavy atom. The van der Waals surface area contributed by atoms with Crippen LogP contribution in [0.2, 0.25) is 0 Å². The van der Waals surface area contributed by atoms with Gasteiger partial charge in [-0.25, -0.2) is 0 Å². The van der Waals surface area contributed by atoms with E-state index < -0.39 is 5.60 Å². The van der Waals surface area contributed by atoms with Crippen molar-refractivity contribution in [3.63, 3.8) is 0 Å². The number of thiocarbonyl (C=S) groups is 1. The molecular weight excluding hydrogens is 484 g/mol. The highest BCUT2D eigenvalue weighted by Crippen LogP contribution is 2.40. The van der Waals surface area contributed by atoms with Gasteiger partial charge in [0.25, 0.3) is 0 Å². The maximum absolute atomic E-state index is 8.55. The van der Waals surface area contributed by atoms with E-state index in [1.54, 1.807) is 11.8 Å². The minimum absolute atomic E-state index is 0.373. The summed E-state index contributed by atoms with van der Waals surface area (Å²) in [5.74, 6) is 2.98. The van der Waals surface area contributed by atoms with Gasteiger partial charge in [0.2, 0.25) is 11.6 Å². The van der Waals surface area contributed by atoms with Crippen LogP contribution in [0.15, 0.2) is 46.2 Å². The molecule has 10 nitrogen and oxygen atoms in total. The Balaban J connectivity index is 1.26. The number of hydrogen-bond acceptors (Lipinski definition) is 7. The second kappa shape index (κ2) is 11.3. The van der Waals surface area contributed by atoms with Crippen molar-refractivity contribution in [3.05, 3.63) is 46.4 Å². The lowest BCUT2D eigenvalue weighted by Gasteiger charge is -2.46. The summed E-state index contributed by atoms with van der Waals surface area (Å²) in [4.78, 5) is 16.6. The van der Waals surface area contributed by atoms with Crippen LogP contribution in [0, 0.1) is 5.92 Å². The van der Waals surface area contributed by atoms with Gasteiger partial charge in [0.1, 0.15) is 5.28 Å². The molecule has 0 atom stereocenters. The molecule has 2 heterocycles. The fourth-order valence-corrected chi connectivity index (χ4v) is 5.72. The summed E-state index contributed by atoms with van der Waals surface area (Å²) in [6.45, 7) is 6.95. The number of aliphatic imine (C=N–C) groups is 1. The first-order valence-electron chi connectivity index (χ1n) is 11.9. The van der Waals surface area contributed by atoms with Crippen LogP contribution in [-0.4, -0.2) is 52.7 Å². The minimum Gasteiger partial charge on any atom is -0.462 e. The number of nitrogens with zero attached hydrogens (tertiary/aromatic N) is 6. The first-order chi connectivity index (χ1) is 16.9. The zero-order chi connectivity index (χ0) is 24.8. The number of benzene rings is 1. The van der Waals surface area contributed by atoms with Crippen LogP contribution in [0.1, 0.15) is 39.5 Å². The molecule has 188 valence electrons. The lowest BCUT2D eigenvalue weighted by Crippen LogP contribution is -2.52. The summed E-state index contributed by atoms with van der Waals surface area (Å²) in [6.07, 6.45) is 5.24. The van der Waals surface area contributed by atoms with Crippen molar-refractivity contribution in [2.24, 2.45) is 21.9 Å². The Labute approximate surface area is 215 Å². The van der Waals surface area contributed by atoms with E-state index in [1.807, 2.05) is 26.0 Å². The topological polar surface area (TPSA) is 124 Å². The van der Waals surface area contributed by atoms with E-state index in [-0.39, 0.29) is 0 Å². The Hall–Kier alpha value is -2.82. The second-order valence-corrected chi connectivity index (χ2v) is 10.8. The van der Waals surface area contributed by atoms with Crippen molar-refractivity contribution in [2.45, 2.75) is 45.1 Å². The normalized spacial score (nSPS) is 20.1. The summed E-state index contributed by atoms with van der Waals surface area (Å²) >= 11 is 6.96. The molecule has 2 aliphatic heterocycles. The molecule has 0 amide bonds. The second-order valence-electron chi connectivity index (χ2n) is 9.37. The maximum Gasteiger partial charge on any atom is 0.235 e. The van der Waals surface area contributed by atoms with Crippen molar-refractivity contribution < 1.29 is 9.57 Å². The SMILES string of the molecule is CC1(C)OC(N2CCN(c3ccc(NC(=S)/N=C(\N)SCC4CCCC4)cc3)CC2)=C1ON=[N+]=[N-]. The monoisotopic (exact) mass is 516 g/mol. The van der Waals surface area contributed by atoms with Gasteiger partial charge in [0.15, 0.2) is 15.9 Å². The highest BCUT2D eigenvalue weighted by Gasteiger charge is 2.45. The van der Waals surface area contributed by atoms with Crippen molar-refractivity contribution >= 4 is 45.6 Å². The number of azide groups is 1. The molecule has 0 unspecified atom stereocenters. The summed E-state index contributed by atoms with van der Waals surface area (Å²) in [5.41, 5.74) is 16.0. The van der Waals surface area contributed by atoms with E-state index in [0.29, 0.717) is 21.9 Å². The van der Waals surface area contributed by atoms with Crippen LogP contribution in [0.3, 0.4) is 0 Å². The largest absolute Gasteiger partial charge is 0.462 e. The van der Waals surface area contributed by atoms with Gasteiger partial charge >= 0.3 is 0 Å². The third kappa shape index (κ3) is 6.45. The van der Waals surface area contributed by atoms with E-state index in [9.17, 15) is 0 Å². The van der Waals surface area contributed by atoms with Crippen molar-refractivity contribution in [3.8, 4) is 0 Å². The predicted octanol–water partition coefficient (Wildman–Crippen LogP) is 4.96. The van der Waals surface area contributed by atoms with Gasteiger partial charge in [-0.1, -0.05) is 24.6 Å². The standard InChI is InChI=1S/C23H32N8O2S2/c1-23(2)19(33-29-28-25)20(32-23)31-13-11-30(12-14-31)18-9-7-17(8-10-18)26-22(34)27-21(24)35-15-16-5-3-4-6-16/h7-10,16H,3-6,11-15H2,1-2H3,(H3,24,26,27,34). The molecule has 2 fully saturated rings. The van der Waals surface area contributed by atoms with Gasteiger partial charge in [-0.2, -0.15) is 4.99 Å². The van der Waals surface area contributed by atoms with E-state index in [1.165, 1.54) is 25.7 Å². The molecule has 3 N–H and O–H groups in total. The number of ether oxygens (including phenoxy) is 1. The lowest BCUT2D eigenvalue weighted by atomic mass is 10.0. The van der Waals surface area contributed by atoms with Gasteiger partial charge in [-0.3, -0.25) is 0 Å². The van der Waals surface area contributed by atoms with Gasteiger partial charge in [0.05, 0.1) is 0 Å². The van der Waals surface area contributed by atoms with Crippen molar-refractivity contribution in [2.75, 3.05) is 42.1 Å². The molecule has 0 aromatic heterocycles. The lowest BCUT2D eigenvalue weighted by molar-refractivity contribution is -0.103. The molecule has 3 aliphatic rings. The molecule has 1 aromatic carbocycles. The highest BCUT2D eigenvalue weighted by atomic mass is 32.2. The van der Waals surface area contributed by atoms with Crippen LogP contribution in [0.5, 0.6) is 0 Å². The molecule has 1 aliphatic carbocycles. The van der Waals surface area contributed by atoms with Gasteiger partial charge in [-0.05, 0) is 74.6 Å². The van der Waals surface area contributed by atoms with Gasteiger partial charge < -0.3 is 30.4 Å². The summed E-state index contributed by atoms with van der Waals surface area (Å²) in [6, 6.07) is 8.14. The summed E-state index contributed by atoms with van der Waals surface area (Å²) < 4.78 is 5.87. The number of rotatable bonds is 7. The van der Waals surface area contributed by atoms with E-state index in [0.717, 1.165) is 49.2 Å². The smallest absolute Gasteiger partial charge is 0.235 e. The number of piperazine rings is 1. The Kier molecular flexibility index (Phi) is 8.15. The Bertz CT molecular complexity index is 1020. The Morgan fingerprint density at radius 3 is 2.51 bits per heavy atom. The number of amidine groups is 1. The van der Waals surface area contributed by atoms with Crippen molar-refractivity contribution in [1.82, 2.24) is 4.90 Å². The predicted molar refractivity (Wildman–Crippen MR) is 145 cm³/mol. The molecule has 1 aromatic rings. The number of thioether (sulfide) groups is 1. The van der Waals surface area contributed by atoms with Crippen LogP contribution in [0.25, 0.3) is 10.4 Å². The Morgan fingerprint density at radius 2 is 1.89 bits per heavy atom. The number of hydrogen-bond donors (Lipinski definition) is 2. The van der Waals surface area contributed by atoms with Crippen LogP contribution in [0.4, 0.5) is 11.4 Å². The molecule has 0 spiro atoms. The van der Waals surface area contributed by atoms with Gasteiger partial charge in [0, 0.05) is 48.2 Å². The number of nitrogens with two attached hydrogens (primary N) is 1. The minimum atomic E-state index is -0.590. The molecule has 1 saturated heterocycles. The molecular formula is C23H32N8O2S2. The summed E-state index contributed by atoms with van der Waals surface area (Å²) in [7, 11) is 0. The molecule has 12 heteroatoms. The molecule has 35 heavy (non-hydrogen) atoms. The average Bonchev–Trinajstić information content (AvgIpc) is 3.36. The summed E-state index contributed by atoms with van der Waals surface area (Å²) in [5, 5.41) is 7.28. The van der Waals surface area contributed by atoms with Crippen LogP contribution < -0.4 is 16.0 Å². The zero-order valence-electron chi connectivity index (χ0n) is 20.1. The molecule has 0 radical (unpaired) electrons. The molecule has 1 saturated carbocycles. The number of anilines is 2. The van der Waals surface area contributed by atoms with Gasteiger partial charge in [-0.15, -0.1) is 0 Å². The van der Waals surface area contributed by atoms with Crippen molar-refractivity contribution in [1.29, 1.82) is 0 Å². The fraction of sp³-hybridized carbons (Fsp3) is 0.565. The fourth-order valence-electron chi connectivity index (χ4n) is 4.55.